The largest absolute Gasteiger partial charge is 0.472 e. The van der Waals surface area contributed by atoms with Crippen molar-refractivity contribution in [3.05, 3.63) is 48.6 Å². The standard InChI is InChI=1S/C51H96NO7P/c1-6-8-10-12-14-16-18-20-21-22-23-24-25-26-27-28-29-30-31-33-35-37-39-41-43-46-56-48-50(49-58-60(54,55)57-47-45-52(3,4)5)59-51(53)44-42-40-38-36-34-32-19-17-15-13-11-9-7-2/h9,11,15,17,32,34,38,40,50H,6-8,10,12-14,16,18-31,33,35-37,39,41-49H2,1-5H3/p+1/b11-9-,17-15-,34-32-,40-38-. The van der Waals surface area contributed by atoms with Gasteiger partial charge in [0.05, 0.1) is 34.4 Å². The first-order chi connectivity index (χ1) is 29.1. The van der Waals surface area contributed by atoms with E-state index in [9.17, 15) is 14.3 Å². The van der Waals surface area contributed by atoms with Crippen molar-refractivity contribution < 1.29 is 37.3 Å². The van der Waals surface area contributed by atoms with Gasteiger partial charge in [0.15, 0.2) is 0 Å². The number of hydrogen-bond acceptors (Lipinski definition) is 6. The molecule has 0 bridgehead atoms. The number of hydrogen-bond donors (Lipinski definition) is 1. The maximum Gasteiger partial charge on any atom is 0.472 e. The molecule has 0 saturated heterocycles. The van der Waals surface area contributed by atoms with Crippen LogP contribution >= 0.6 is 7.82 Å². The molecule has 0 saturated carbocycles. The molecule has 0 aliphatic rings. The van der Waals surface area contributed by atoms with Gasteiger partial charge in [0.1, 0.15) is 19.3 Å². The summed E-state index contributed by atoms with van der Waals surface area (Å²) in [7, 11) is 1.63. The van der Waals surface area contributed by atoms with E-state index in [4.69, 9.17) is 18.5 Å². The number of ether oxygens (including phenoxy) is 2. The van der Waals surface area contributed by atoms with Crippen LogP contribution in [0.5, 0.6) is 0 Å². The molecule has 0 aromatic rings. The van der Waals surface area contributed by atoms with Crippen LogP contribution < -0.4 is 0 Å². The molecule has 0 rings (SSSR count). The van der Waals surface area contributed by atoms with Gasteiger partial charge in [0.25, 0.3) is 0 Å². The van der Waals surface area contributed by atoms with Gasteiger partial charge < -0.3 is 18.9 Å². The topological polar surface area (TPSA) is 91.3 Å². The quantitative estimate of drug-likeness (QED) is 0.0214. The number of allylic oxidation sites excluding steroid dienone is 8. The number of esters is 1. The minimum absolute atomic E-state index is 0.0761. The predicted molar refractivity (Wildman–Crippen MR) is 256 cm³/mol. The Bertz CT molecular complexity index is 1100. The Morgan fingerprint density at radius 3 is 1.35 bits per heavy atom. The fourth-order valence-electron chi connectivity index (χ4n) is 6.86. The first-order valence-corrected chi connectivity index (χ1v) is 26.4. The number of quaternary nitrogens is 1. The number of likely N-dealkylation sites (N-methyl/N-ethyl adjacent to an activating group) is 1. The number of carbonyl (C=O) groups excluding carboxylic acids is 1. The number of phosphoric ester groups is 1. The average Bonchev–Trinajstić information content (AvgIpc) is 3.20. The van der Waals surface area contributed by atoms with E-state index in [-0.39, 0.29) is 26.2 Å². The lowest BCUT2D eigenvalue weighted by molar-refractivity contribution is -0.870. The molecule has 0 aliphatic heterocycles. The Labute approximate surface area is 371 Å². The van der Waals surface area contributed by atoms with E-state index in [1.165, 1.54) is 148 Å². The van der Waals surface area contributed by atoms with Crippen LogP contribution in [-0.4, -0.2) is 75.6 Å². The van der Waals surface area contributed by atoms with Crippen molar-refractivity contribution >= 4 is 13.8 Å². The molecule has 0 amide bonds. The Kier molecular flexibility index (Phi) is 43.0. The average molecular weight is 867 g/mol. The second-order valence-corrected chi connectivity index (χ2v) is 19.3. The summed E-state index contributed by atoms with van der Waals surface area (Å²) in [5.41, 5.74) is 0. The maximum absolute atomic E-state index is 12.7. The molecule has 352 valence electrons. The highest BCUT2D eigenvalue weighted by Gasteiger charge is 2.26. The molecule has 0 aliphatic carbocycles. The lowest BCUT2D eigenvalue weighted by Crippen LogP contribution is -2.37. The molecule has 1 N–H and O–H groups in total. The van der Waals surface area contributed by atoms with Gasteiger partial charge in [-0.25, -0.2) is 4.57 Å². The Balaban J connectivity index is 4.08. The molecule has 60 heavy (non-hydrogen) atoms. The SMILES string of the molecule is CC/C=C\C/C=C\C/C=C\C/C=C\CCC(=O)OC(COCCCCCCCCCCCCCCCCCCCCCCCCCCC)COP(=O)(O)OCC[N+](C)(C)C. The summed E-state index contributed by atoms with van der Waals surface area (Å²) in [4.78, 5) is 22.9. The molecular formula is C51H97NO7P+. The molecule has 8 nitrogen and oxygen atoms in total. The lowest BCUT2D eigenvalue weighted by Gasteiger charge is -2.24. The van der Waals surface area contributed by atoms with Crippen molar-refractivity contribution in [1.82, 2.24) is 0 Å². The van der Waals surface area contributed by atoms with Gasteiger partial charge >= 0.3 is 13.8 Å². The molecule has 0 heterocycles. The third-order valence-corrected chi connectivity index (χ3v) is 11.7. The van der Waals surface area contributed by atoms with Gasteiger partial charge in [-0.05, 0) is 38.5 Å². The summed E-state index contributed by atoms with van der Waals surface area (Å²) in [5.74, 6) is -0.390. The molecule has 0 aromatic heterocycles. The zero-order valence-electron chi connectivity index (χ0n) is 39.9. The number of unbranched alkanes of at least 4 members (excludes halogenated alkanes) is 24. The van der Waals surface area contributed by atoms with Crippen LogP contribution in [0.4, 0.5) is 0 Å². The predicted octanol–water partition coefficient (Wildman–Crippen LogP) is 15.1. The van der Waals surface area contributed by atoms with Crippen LogP contribution in [0.1, 0.15) is 213 Å². The monoisotopic (exact) mass is 867 g/mol. The van der Waals surface area contributed by atoms with E-state index in [2.05, 4.69) is 50.3 Å². The minimum atomic E-state index is -4.29. The van der Waals surface area contributed by atoms with Crippen LogP contribution in [0.3, 0.4) is 0 Å². The lowest BCUT2D eigenvalue weighted by atomic mass is 10.0. The van der Waals surface area contributed by atoms with Gasteiger partial charge in [-0.1, -0.05) is 217 Å². The van der Waals surface area contributed by atoms with Gasteiger partial charge in [-0.15, -0.1) is 0 Å². The summed E-state index contributed by atoms with van der Waals surface area (Å²) in [6, 6.07) is 0. The summed E-state index contributed by atoms with van der Waals surface area (Å²) in [6.07, 6.45) is 54.8. The fourth-order valence-corrected chi connectivity index (χ4v) is 7.60. The summed E-state index contributed by atoms with van der Waals surface area (Å²) in [6.45, 7) is 5.43. The van der Waals surface area contributed by atoms with Crippen molar-refractivity contribution in [2.75, 3.05) is 54.1 Å². The van der Waals surface area contributed by atoms with E-state index in [1.807, 2.05) is 33.3 Å². The molecule has 0 spiro atoms. The fraction of sp³-hybridized carbons (Fsp3) is 0.824. The van der Waals surface area contributed by atoms with Crippen LogP contribution in [0.15, 0.2) is 48.6 Å². The smallest absolute Gasteiger partial charge is 0.457 e. The van der Waals surface area contributed by atoms with Crippen LogP contribution in [0, 0.1) is 0 Å². The summed E-state index contributed by atoms with van der Waals surface area (Å²) in [5, 5.41) is 0. The van der Waals surface area contributed by atoms with Gasteiger partial charge in [0.2, 0.25) is 0 Å². The van der Waals surface area contributed by atoms with Crippen LogP contribution in [-0.2, 0) is 27.9 Å². The van der Waals surface area contributed by atoms with E-state index in [0.717, 1.165) is 38.5 Å². The van der Waals surface area contributed by atoms with Crippen molar-refractivity contribution in [3.63, 3.8) is 0 Å². The normalized spacial score (nSPS) is 14.0. The van der Waals surface area contributed by atoms with E-state index in [0.29, 0.717) is 24.1 Å². The van der Waals surface area contributed by atoms with Crippen molar-refractivity contribution in [1.29, 1.82) is 0 Å². The highest BCUT2D eigenvalue weighted by molar-refractivity contribution is 7.47. The van der Waals surface area contributed by atoms with Crippen molar-refractivity contribution in [2.45, 2.75) is 219 Å². The first kappa shape index (κ1) is 58.5. The highest BCUT2D eigenvalue weighted by atomic mass is 31.2. The molecule has 0 fully saturated rings. The second-order valence-electron chi connectivity index (χ2n) is 17.8. The Hall–Kier alpha value is -1.54. The van der Waals surface area contributed by atoms with E-state index < -0.39 is 19.9 Å². The first-order valence-electron chi connectivity index (χ1n) is 24.9. The van der Waals surface area contributed by atoms with Crippen molar-refractivity contribution in [2.24, 2.45) is 0 Å². The zero-order valence-corrected chi connectivity index (χ0v) is 40.8. The highest BCUT2D eigenvalue weighted by Crippen LogP contribution is 2.43. The van der Waals surface area contributed by atoms with Gasteiger partial charge in [-0.3, -0.25) is 13.8 Å². The molecule has 9 heteroatoms. The molecule has 0 radical (unpaired) electrons. The zero-order chi connectivity index (χ0) is 44.1. The third-order valence-electron chi connectivity index (χ3n) is 10.7. The van der Waals surface area contributed by atoms with Crippen LogP contribution in [0.2, 0.25) is 0 Å². The number of rotatable bonds is 46. The maximum atomic E-state index is 12.7. The third kappa shape index (κ3) is 47.5. The Morgan fingerprint density at radius 1 is 0.533 bits per heavy atom. The second kappa shape index (κ2) is 44.1. The number of nitrogens with zero attached hydrogens (tertiary/aromatic N) is 1. The molecule has 0 aromatic carbocycles. The summed E-state index contributed by atoms with van der Waals surface area (Å²) < 4.78 is 35.0. The Morgan fingerprint density at radius 2 is 0.933 bits per heavy atom. The molecule has 2 atom stereocenters. The summed E-state index contributed by atoms with van der Waals surface area (Å²) >= 11 is 0. The number of carbonyl (C=O) groups is 1. The minimum Gasteiger partial charge on any atom is -0.457 e. The van der Waals surface area contributed by atoms with E-state index >= 15 is 0 Å². The van der Waals surface area contributed by atoms with E-state index in [1.54, 1.807) is 0 Å². The van der Waals surface area contributed by atoms with Gasteiger partial charge in [0, 0.05) is 13.0 Å². The van der Waals surface area contributed by atoms with Gasteiger partial charge in [-0.2, -0.15) is 0 Å². The molecule has 2 unspecified atom stereocenters. The van der Waals surface area contributed by atoms with Crippen LogP contribution in [0.25, 0.3) is 0 Å². The van der Waals surface area contributed by atoms with Crippen molar-refractivity contribution in [3.8, 4) is 0 Å². The number of phosphoric acid groups is 1. The molecular weight excluding hydrogens is 770 g/mol.